The third-order valence-electron chi connectivity index (χ3n) is 3.34. The summed E-state index contributed by atoms with van der Waals surface area (Å²) in [5.41, 5.74) is 1.62. The lowest BCUT2D eigenvalue weighted by atomic mass is 10.2. The van der Waals surface area contributed by atoms with Gasteiger partial charge in [0.15, 0.2) is 11.5 Å². The quantitative estimate of drug-likeness (QED) is 0.272. The van der Waals surface area contributed by atoms with E-state index in [1.807, 2.05) is 12.1 Å². The predicted octanol–water partition coefficient (Wildman–Crippen LogP) is 5.76. The number of hydrogen-bond donors (Lipinski definition) is 0. The van der Waals surface area contributed by atoms with Crippen LogP contribution in [0.25, 0.3) is 6.08 Å². The first-order chi connectivity index (χ1) is 12.4. The second-order valence-corrected chi connectivity index (χ2v) is 7.15. The number of rotatable bonds is 7. The van der Waals surface area contributed by atoms with Gasteiger partial charge < -0.3 is 14.2 Å². The molecule has 26 heavy (non-hydrogen) atoms. The smallest absolute Gasteiger partial charge is 0.330 e. The maximum atomic E-state index is 11.4. The van der Waals surface area contributed by atoms with Crippen LogP contribution in [-0.4, -0.2) is 19.7 Å². The molecule has 4 nitrogen and oxygen atoms in total. The van der Waals surface area contributed by atoms with Crippen LogP contribution in [0.5, 0.6) is 11.5 Å². The van der Waals surface area contributed by atoms with Gasteiger partial charge in [0, 0.05) is 21.7 Å². The minimum absolute atomic E-state index is 0.278. The van der Waals surface area contributed by atoms with E-state index in [1.165, 1.54) is 6.08 Å². The number of methoxy groups -OCH3 is 1. The van der Waals surface area contributed by atoms with Crippen molar-refractivity contribution in [1.82, 2.24) is 0 Å². The summed E-state index contributed by atoms with van der Waals surface area (Å²) in [5, 5.41) is 1.11. The predicted molar refractivity (Wildman–Crippen MR) is 112 cm³/mol. The number of hydrogen-bond acceptors (Lipinski definition) is 4. The van der Waals surface area contributed by atoms with Crippen molar-refractivity contribution < 1.29 is 19.0 Å². The van der Waals surface area contributed by atoms with E-state index in [-0.39, 0.29) is 12.6 Å². The van der Waals surface area contributed by atoms with Gasteiger partial charge in [0.05, 0.1) is 17.3 Å². The van der Waals surface area contributed by atoms with Crippen molar-refractivity contribution in [2.24, 2.45) is 0 Å². The minimum atomic E-state index is -0.390. The third kappa shape index (κ3) is 5.79. The summed E-state index contributed by atoms with van der Waals surface area (Å²) in [6.45, 7) is 2.38. The Labute approximate surface area is 176 Å². The van der Waals surface area contributed by atoms with E-state index in [2.05, 4.69) is 22.6 Å². The summed E-state index contributed by atoms with van der Waals surface area (Å²) in [6, 6.07) is 8.93. The molecule has 0 bridgehead atoms. The number of benzene rings is 2. The second kappa shape index (κ2) is 10.0. The lowest BCUT2D eigenvalue weighted by Crippen LogP contribution is -2.01. The largest absolute Gasteiger partial charge is 0.493 e. The molecule has 2 aromatic carbocycles. The van der Waals surface area contributed by atoms with Gasteiger partial charge in [-0.05, 0) is 65.4 Å². The molecule has 0 heterocycles. The van der Waals surface area contributed by atoms with E-state index in [0.717, 1.165) is 14.7 Å². The van der Waals surface area contributed by atoms with Gasteiger partial charge in [-0.3, -0.25) is 0 Å². The summed E-state index contributed by atoms with van der Waals surface area (Å²) in [7, 11) is 1.56. The lowest BCUT2D eigenvalue weighted by Gasteiger charge is -2.14. The molecule has 0 unspecified atom stereocenters. The molecule has 2 aromatic rings. The molecule has 2 rings (SSSR count). The van der Waals surface area contributed by atoms with Crippen molar-refractivity contribution in [2.45, 2.75) is 13.5 Å². The van der Waals surface area contributed by atoms with E-state index in [0.29, 0.717) is 28.2 Å². The first kappa shape index (κ1) is 20.9. The standard InChI is InChI=1S/C19H17Cl2IO4/c1-3-25-18(23)7-4-12-8-16(22)19(17(9-12)24-2)26-11-13-5-6-14(20)10-15(13)21/h4-10H,3,11H2,1-2H3/b7-4+. The van der Waals surface area contributed by atoms with Crippen LogP contribution in [0.2, 0.25) is 10.0 Å². The highest BCUT2D eigenvalue weighted by Gasteiger charge is 2.12. The Morgan fingerprint density at radius 3 is 2.65 bits per heavy atom. The van der Waals surface area contributed by atoms with Gasteiger partial charge >= 0.3 is 5.97 Å². The zero-order valence-corrected chi connectivity index (χ0v) is 17.9. The van der Waals surface area contributed by atoms with Crippen molar-refractivity contribution in [1.29, 1.82) is 0 Å². The molecule has 0 radical (unpaired) electrons. The molecule has 0 atom stereocenters. The summed E-state index contributed by atoms with van der Waals surface area (Å²) in [4.78, 5) is 11.4. The van der Waals surface area contributed by atoms with Crippen LogP contribution in [0.15, 0.2) is 36.4 Å². The molecular formula is C19H17Cl2IO4. The Kier molecular flexibility index (Phi) is 8.06. The van der Waals surface area contributed by atoms with Gasteiger partial charge in [-0.15, -0.1) is 0 Å². The molecule has 0 saturated heterocycles. The first-order valence-electron chi connectivity index (χ1n) is 7.73. The second-order valence-electron chi connectivity index (χ2n) is 5.14. The number of esters is 1. The topological polar surface area (TPSA) is 44.8 Å². The highest BCUT2D eigenvalue weighted by Crippen LogP contribution is 2.35. The van der Waals surface area contributed by atoms with Crippen molar-refractivity contribution in [2.75, 3.05) is 13.7 Å². The SMILES string of the molecule is CCOC(=O)/C=C/c1cc(I)c(OCc2ccc(Cl)cc2Cl)c(OC)c1. The van der Waals surface area contributed by atoms with Crippen LogP contribution < -0.4 is 9.47 Å². The summed E-state index contributed by atoms with van der Waals surface area (Å²) < 4.78 is 17.1. The minimum Gasteiger partial charge on any atom is -0.493 e. The van der Waals surface area contributed by atoms with Gasteiger partial charge in [0.2, 0.25) is 0 Å². The molecule has 0 fully saturated rings. The number of halogens is 3. The number of carbonyl (C=O) groups excluding carboxylic acids is 1. The molecule has 0 aliphatic carbocycles. The Balaban J connectivity index is 2.19. The molecule has 0 N–H and O–H groups in total. The Morgan fingerprint density at radius 2 is 2.00 bits per heavy atom. The average molecular weight is 507 g/mol. The van der Waals surface area contributed by atoms with Gasteiger partial charge in [0.25, 0.3) is 0 Å². The average Bonchev–Trinajstić information content (AvgIpc) is 2.60. The molecular weight excluding hydrogens is 490 g/mol. The molecule has 0 spiro atoms. The summed E-state index contributed by atoms with van der Waals surface area (Å²) in [6.07, 6.45) is 3.05. The molecule has 0 aliphatic heterocycles. The van der Waals surface area contributed by atoms with Crippen LogP contribution >= 0.6 is 45.8 Å². The maximum Gasteiger partial charge on any atom is 0.330 e. The van der Waals surface area contributed by atoms with E-state index in [9.17, 15) is 4.79 Å². The van der Waals surface area contributed by atoms with Crippen LogP contribution in [-0.2, 0) is 16.1 Å². The Morgan fingerprint density at radius 1 is 1.23 bits per heavy atom. The fourth-order valence-corrected chi connectivity index (χ4v) is 3.36. The Bertz CT molecular complexity index is 821. The highest BCUT2D eigenvalue weighted by molar-refractivity contribution is 14.1. The monoisotopic (exact) mass is 506 g/mol. The molecule has 0 saturated carbocycles. The third-order valence-corrected chi connectivity index (χ3v) is 4.73. The van der Waals surface area contributed by atoms with Crippen molar-refractivity contribution >= 4 is 57.8 Å². The normalized spacial score (nSPS) is 10.8. The highest BCUT2D eigenvalue weighted by atomic mass is 127. The van der Waals surface area contributed by atoms with Crippen molar-refractivity contribution in [3.8, 4) is 11.5 Å². The van der Waals surface area contributed by atoms with E-state index < -0.39 is 0 Å². The van der Waals surface area contributed by atoms with Crippen LogP contribution in [0.3, 0.4) is 0 Å². The molecule has 0 aromatic heterocycles. The van der Waals surface area contributed by atoms with Gasteiger partial charge in [-0.2, -0.15) is 0 Å². The zero-order valence-electron chi connectivity index (χ0n) is 14.2. The zero-order chi connectivity index (χ0) is 19.1. The van der Waals surface area contributed by atoms with Crippen molar-refractivity contribution in [3.05, 3.63) is 61.2 Å². The number of carbonyl (C=O) groups is 1. The fraction of sp³-hybridized carbons (Fsp3) is 0.211. The fourth-order valence-electron chi connectivity index (χ4n) is 2.12. The van der Waals surface area contributed by atoms with E-state index >= 15 is 0 Å². The van der Waals surface area contributed by atoms with E-state index in [1.54, 1.807) is 38.3 Å². The van der Waals surface area contributed by atoms with E-state index in [4.69, 9.17) is 37.4 Å². The first-order valence-corrected chi connectivity index (χ1v) is 9.57. The molecule has 138 valence electrons. The maximum absolute atomic E-state index is 11.4. The van der Waals surface area contributed by atoms with Gasteiger partial charge in [0.1, 0.15) is 6.61 Å². The lowest BCUT2D eigenvalue weighted by molar-refractivity contribution is -0.137. The molecule has 7 heteroatoms. The van der Waals surface area contributed by atoms with Gasteiger partial charge in [-0.1, -0.05) is 29.3 Å². The van der Waals surface area contributed by atoms with Gasteiger partial charge in [-0.25, -0.2) is 4.79 Å². The molecule has 0 aliphatic rings. The van der Waals surface area contributed by atoms with Crippen LogP contribution in [0, 0.1) is 3.57 Å². The molecule has 0 amide bonds. The Hall–Kier alpha value is -1.44. The van der Waals surface area contributed by atoms with Crippen LogP contribution in [0.1, 0.15) is 18.1 Å². The number of ether oxygens (including phenoxy) is 3. The van der Waals surface area contributed by atoms with Crippen LogP contribution in [0.4, 0.5) is 0 Å². The van der Waals surface area contributed by atoms with Crippen molar-refractivity contribution in [3.63, 3.8) is 0 Å². The summed E-state index contributed by atoms with van der Waals surface area (Å²) >= 11 is 14.2. The summed E-state index contributed by atoms with van der Waals surface area (Å²) in [5.74, 6) is 0.775.